The number of amides is 1. The van der Waals surface area contributed by atoms with E-state index in [1.165, 1.54) is 0 Å². The van der Waals surface area contributed by atoms with E-state index in [2.05, 4.69) is 5.32 Å². The van der Waals surface area contributed by atoms with Gasteiger partial charge in [0.25, 0.3) is 0 Å². The minimum Gasteiger partial charge on any atom is -0.496 e. The van der Waals surface area contributed by atoms with E-state index in [4.69, 9.17) is 4.74 Å². The molecule has 1 aromatic carbocycles. The summed E-state index contributed by atoms with van der Waals surface area (Å²) >= 11 is 0. The molecule has 0 saturated carbocycles. The first-order valence-corrected chi connectivity index (χ1v) is 6.16. The molecule has 0 radical (unpaired) electrons. The Kier molecular flexibility index (Phi) is 5.65. The Morgan fingerprint density at radius 2 is 2.06 bits per heavy atom. The highest BCUT2D eigenvalue weighted by molar-refractivity contribution is 5.78. The van der Waals surface area contributed by atoms with Gasteiger partial charge in [0, 0.05) is 18.2 Å². The highest BCUT2D eigenvalue weighted by Crippen LogP contribution is 2.20. The van der Waals surface area contributed by atoms with Crippen molar-refractivity contribution in [1.82, 2.24) is 10.2 Å². The number of rotatable bonds is 6. The zero-order valence-electron chi connectivity index (χ0n) is 11.6. The van der Waals surface area contributed by atoms with Crippen LogP contribution in [0.2, 0.25) is 0 Å². The van der Waals surface area contributed by atoms with Crippen LogP contribution >= 0.6 is 0 Å². The maximum atomic E-state index is 12.0. The van der Waals surface area contributed by atoms with Crippen molar-refractivity contribution >= 4 is 5.91 Å². The predicted molar refractivity (Wildman–Crippen MR) is 72.6 cm³/mol. The first kappa shape index (κ1) is 14.5. The molecule has 4 nitrogen and oxygen atoms in total. The summed E-state index contributed by atoms with van der Waals surface area (Å²) < 4.78 is 5.31. The van der Waals surface area contributed by atoms with Gasteiger partial charge in [0.1, 0.15) is 5.75 Å². The molecule has 1 amide bonds. The van der Waals surface area contributed by atoms with Crippen LogP contribution in [-0.2, 0) is 11.3 Å². The molecule has 0 saturated heterocycles. The molecule has 18 heavy (non-hydrogen) atoms. The van der Waals surface area contributed by atoms with E-state index in [0.29, 0.717) is 13.1 Å². The third-order valence-electron chi connectivity index (χ3n) is 2.80. The Balaban J connectivity index is 2.86. The van der Waals surface area contributed by atoms with Crippen LogP contribution in [0.4, 0.5) is 0 Å². The average Bonchev–Trinajstić information content (AvgIpc) is 2.36. The molecule has 0 heterocycles. The molecular formula is C14H22N2O2. The summed E-state index contributed by atoms with van der Waals surface area (Å²) in [6, 6.07) is 7.95. The van der Waals surface area contributed by atoms with Crippen molar-refractivity contribution in [3.8, 4) is 5.75 Å². The molecule has 0 fully saturated rings. The standard InChI is InChI=1S/C14H22N2O2/c1-11(2)16(14(17)9-15-3)10-12-7-5-6-8-13(12)18-4/h5-8,11,15H,9-10H2,1-4H3. The van der Waals surface area contributed by atoms with E-state index in [1.54, 1.807) is 14.2 Å². The molecule has 0 aromatic heterocycles. The molecule has 0 aliphatic rings. The maximum absolute atomic E-state index is 12.0. The monoisotopic (exact) mass is 250 g/mol. The Morgan fingerprint density at radius 1 is 1.39 bits per heavy atom. The second-order valence-electron chi connectivity index (χ2n) is 4.46. The molecule has 1 aromatic rings. The van der Waals surface area contributed by atoms with Gasteiger partial charge in [-0.3, -0.25) is 4.79 Å². The van der Waals surface area contributed by atoms with Gasteiger partial charge in [-0.2, -0.15) is 0 Å². The molecule has 0 unspecified atom stereocenters. The molecule has 4 heteroatoms. The van der Waals surface area contributed by atoms with E-state index >= 15 is 0 Å². The third kappa shape index (κ3) is 3.74. The molecule has 100 valence electrons. The number of hydrogen-bond donors (Lipinski definition) is 1. The summed E-state index contributed by atoms with van der Waals surface area (Å²) in [6.07, 6.45) is 0. The summed E-state index contributed by atoms with van der Waals surface area (Å²) in [7, 11) is 3.42. The van der Waals surface area contributed by atoms with Gasteiger partial charge in [-0.05, 0) is 27.0 Å². The van der Waals surface area contributed by atoms with Crippen molar-refractivity contribution in [1.29, 1.82) is 0 Å². The Labute approximate surface area is 109 Å². The number of hydrogen-bond acceptors (Lipinski definition) is 3. The number of methoxy groups -OCH3 is 1. The first-order chi connectivity index (χ1) is 8.60. The van der Waals surface area contributed by atoms with Crippen molar-refractivity contribution < 1.29 is 9.53 Å². The fraction of sp³-hybridized carbons (Fsp3) is 0.500. The smallest absolute Gasteiger partial charge is 0.237 e. The summed E-state index contributed by atoms with van der Waals surface area (Å²) in [5.74, 6) is 0.916. The molecule has 0 atom stereocenters. The van der Waals surface area contributed by atoms with Crippen molar-refractivity contribution in [2.45, 2.75) is 26.4 Å². The van der Waals surface area contributed by atoms with Crippen LogP contribution in [0.5, 0.6) is 5.75 Å². The largest absolute Gasteiger partial charge is 0.496 e. The first-order valence-electron chi connectivity index (χ1n) is 6.16. The lowest BCUT2D eigenvalue weighted by Crippen LogP contribution is -2.41. The molecule has 0 spiro atoms. The number of nitrogens with one attached hydrogen (secondary N) is 1. The normalized spacial score (nSPS) is 10.5. The second-order valence-corrected chi connectivity index (χ2v) is 4.46. The van der Waals surface area contributed by atoms with Crippen LogP contribution in [0, 0.1) is 0 Å². The van der Waals surface area contributed by atoms with E-state index in [0.717, 1.165) is 11.3 Å². The van der Waals surface area contributed by atoms with Crippen molar-refractivity contribution in [3.05, 3.63) is 29.8 Å². The van der Waals surface area contributed by atoms with E-state index in [9.17, 15) is 4.79 Å². The molecule has 0 aliphatic heterocycles. The minimum atomic E-state index is 0.0957. The van der Waals surface area contributed by atoms with Crippen LogP contribution in [0.3, 0.4) is 0 Å². The van der Waals surface area contributed by atoms with Gasteiger partial charge in [-0.1, -0.05) is 18.2 Å². The number of benzene rings is 1. The fourth-order valence-electron chi connectivity index (χ4n) is 1.83. The van der Waals surface area contributed by atoms with Gasteiger partial charge in [0.2, 0.25) is 5.91 Å². The van der Waals surface area contributed by atoms with Crippen LogP contribution in [0.15, 0.2) is 24.3 Å². The second kappa shape index (κ2) is 7.01. The number of para-hydroxylation sites is 1. The number of ether oxygens (including phenoxy) is 1. The van der Waals surface area contributed by atoms with Gasteiger partial charge in [0.05, 0.1) is 13.7 Å². The quantitative estimate of drug-likeness (QED) is 0.834. The zero-order valence-corrected chi connectivity index (χ0v) is 11.6. The highest BCUT2D eigenvalue weighted by atomic mass is 16.5. The lowest BCUT2D eigenvalue weighted by atomic mass is 10.1. The summed E-state index contributed by atoms with van der Waals surface area (Å²) in [5.41, 5.74) is 1.03. The number of likely N-dealkylation sites (N-methyl/N-ethyl adjacent to an activating group) is 1. The van der Waals surface area contributed by atoms with Crippen LogP contribution in [0.1, 0.15) is 19.4 Å². The summed E-state index contributed by atoms with van der Waals surface area (Å²) in [5, 5.41) is 2.89. The minimum absolute atomic E-state index is 0.0957. The van der Waals surface area contributed by atoms with Gasteiger partial charge >= 0.3 is 0 Å². The number of carbonyl (C=O) groups excluding carboxylic acids is 1. The molecule has 1 N–H and O–H groups in total. The summed E-state index contributed by atoms with van der Waals surface area (Å²) in [6.45, 7) is 4.96. The Bertz CT molecular complexity index is 391. The van der Waals surface area contributed by atoms with Gasteiger partial charge in [-0.25, -0.2) is 0 Å². The van der Waals surface area contributed by atoms with Crippen molar-refractivity contribution in [3.63, 3.8) is 0 Å². The van der Waals surface area contributed by atoms with Gasteiger partial charge in [-0.15, -0.1) is 0 Å². The topological polar surface area (TPSA) is 41.6 Å². The lowest BCUT2D eigenvalue weighted by Gasteiger charge is -2.27. The summed E-state index contributed by atoms with van der Waals surface area (Å²) in [4.78, 5) is 13.9. The molecular weight excluding hydrogens is 228 g/mol. The van der Waals surface area contributed by atoms with Crippen molar-refractivity contribution in [2.75, 3.05) is 20.7 Å². The third-order valence-corrected chi connectivity index (χ3v) is 2.80. The van der Waals surface area contributed by atoms with Crippen LogP contribution in [-0.4, -0.2) is 37.6 Å². The van der Waals surface area contributed by atoms with Gasteiger partial charge in [0.15, 0.2) is 0 Å². The van der Waals surface area contributed by atoms with Gasteiger partial charge < -0.3 is 15.0 Å². The van der Waals surface area contributed by atoms with Crippen molar-refractivity contribution in [2.24, 2.45) is 0 Å². The Hall–Kier alpha value is -1.55. The SMILES string of the molecule is CNCC(=O)N(Cc1ccccc1OC)C(C)C. The number of nitrogens with zero attached hydrogens (tertiary/aromatic N) is 1. The number of carbonyl (C=O) groups is 1. The highest BCUT2D eigenvalue weighted by Gasteiger charge is 2.17. The van der Waals surface area contributed by atoms with Crippen LogP contribution in [0.25, 0.3) is 0 Å². The fourth-order valence-corrected chi connectivity index (χ4v) is 1.83. The van der Waals surface area contributed by atoms with E-state index in [-0.39, 0.29) is 11.9 Å². The molecule has 0 aliphatic carbocycles. The average molecular weight is 250 g/mol. The lowest BCUT2D eigenvalue weighted by molar-refractivity contribution is -0.132. The zero-order chi connectivity index (χ0) is 13.5. The molecule has 0 bridgehead atoms. The van der Waals surface area contributed by atoms with E-state index < -0.39 is 0 Å². The molecule has 1 rings (SSSR count). The van der Waals surface area contributed by atoms with Crippen LogP contribution < -0.4 is 10.1 Å². The van der Waals surface area contributed by atoms with E-state index in [1.807, 2.05) is 43.0 Å². The maximum Gasteiger partial charge on any atom is 0.237 e. The Morgan fingerprint density at radius 3 is 2.61 bits per heavy atom. The predicted octanol–water partition coefficient (Wildman–Crippen LogP) is 1.65.